The Bertz CT molecular complexity index is 1110. The molecule has 3 rings (SSSR count). The second-order valence-corrected chi connectivity index (χ2v) is 8.67. The van der Waals surface area contributed by atoms with E-state index in [0.29, 0.717) is 29.3 Å². The Morgan fingerprint density at radius 3 is 2.79 bits per heavy atom. The summed E-state index contributed by atoms with van der Waals surface area (Å²) in [6, 6.07) is 9.00. The van der Waals surface area contributed by atoms with Crippen LogP contribution in [0.1, 0.15) is 16.1 Å². The van der Waals surface area contributed by atoms with Crippen LogP contribution in [0.25, 0.3) is 11.0 Å². The molecule has 1 heterocycles. The quantitative estimate of drug-likeness (QED) is 0.152. The SMILES string of the molecule is C=CCOc1cc(Br)c(/C=N\NC(=O)c2cc3cc(Br)cc(I)c3o2)cc1OC. The normalized spacial score (nSPS) is 11.0. The number of halogens is 3. The van der Waals surface area contributed by atoms with E-state index in [1.807, 2.05) is 12.1 Å². The maximum absolute atomic E-state index is 12.4. The van der Waals surface area contributed by atoms with Crippen molar-refractivity contribution in [2.24, 2.45) is 5.10 Å². The summed E-state index contributed by atoms with van der Waals surface area (Å²) < 4.78 is 19.1. The number of nitrogens with zero attached hydrogens (tertiary/aromatic N) is 1. The van der Waals surface area contributed by atoms with E-state index in [-0.39, 0.29) is 5.76 Å². The van der Waals surface area contributed by atoms with Crippen molar-refractivity contribution < 1.29 is 18.7 Å². The van der Waals surface area contributed by atoms with Gasteiger partial charge >= 0.3 is 5.91 Å². The number of hydrogen-bond acceptors (Lipinski definition) is 5. The number of hydrogen-bond donors (Lipinski definition) is 1. The maximum Gasteiger partial charge on any atom is 0.307 e. The van der Waals surface area contributed by atoms with E-state index < -0.39 is 5.91 Å². The largest absolute Gasteiger partial charge is 0.493 e. The van der Waals surface area contributed by atoms with E-state index in [4.69, 9.17) is 13.9 Å². The summed E-state index contributed by atoms with van der Waals surface area (Å²) in [4.78, 5) is 12.4. The first-order chi connectivity index (χ1) is 13.9. The van der Waals surface area contributed by atoms with Crippen molar-refractivity contribution in [3.05, 3.63) is 66.8 Å². The molecule has 0 fully saturated rings. The van der Waals surface area contributed by atoms with Gasteiger partial charge in [-0.15, -0.1) is 0 Å². The highest BCUT2D eigenvalue weighted by Crippen LogP contribution is 2.33. The molecule has 1 aromatic heterocycles. The number of fused-ring (bicyclic) bond motifs is 1. The standard InChI is InChI=1S/C20H15Br2IN2O4/c1-3-4-28-17-9-14(22)12(7-16(17)27-2)10-24-25-20(26)18-6-11-5-13(21)8-15(23)19(11)29-18/h3,5-10H,1,4H2,2H3,(H,25,26)/b24-10-. The van der Waals surface area contributed by atoms with Crippen molar-refractivity contribution in [1.29, 1.82) is 0 Å². The fourth-order valence-electron chi connectivity index (χ4n) is 2.47. The number of benzene rings is 2. The van der Waals surface area contributed by atoms with Crippen LogP contribution in [-0.2, 0) is 0 Å². The van der Waals surface area contributed by atoms with Gasteiger partial charge in [0.25, 0.3) is 0 Å². The summed E-state index contributed by atoms with van der Waals surface area (Å²) in [7, 11) is 1.55. The fourth-order valence-corrected chi connectivity index (χ4v) is 4.56. The van der Waals surface area contributed by atoms with Crippen LogP contribution in [0.4, 0.5) is 0 Å². The van der Waals surface area contributed by atoms with Gasteiger partial charge in [-0.1, -0.05) is 28.6 Å². The van der Waals surface area contributed by atoms with Crippen molar-refractivity contribution in [2.45, 2.75) is 0 Å². The van der Waals surface area contributed by atoms with E-state index in [9.17, 15) is 4.79 Å². The van der Waals surface area contributed by atoms with Crippen LogP contribution in [0, 0.1) is 3.57 Å². The number of amides is 1. The molecule has 0 aliphatic rings. The topological polar surface area (TPSA) is 73.1 Å². The predicted octanol–water partition coefficient (Wildman–Crippen LogP) is 5.90. The van der Waals surface area contributed by atoms with Crippen LogP contribution in [0.2, 0.25) is 0 Å². The van der Waals surface area contributed by atoms with E-state index in [1.165, 1.54) is 6.21 Å². The van der Waals surface area contributed by atoms with Crippen LogP contribution in [0.5, 0.6) is 11.5 Å². The number of furan rings is 1. The van der Waals surface area contributed by atoms with E-state index in [2.05, 4.69) is 71.6 Å². The molecule has 0 saturated carbocycles. The molecule has 0 unspecified atom stereocenters. The monoisotopic (exact) mass is 632 g/mol. The average Bonchev–Trinajstić information content (AvgIpc) is 3.12. The van der Waals surface area contributed by atoms with E-state index >= 15 is 0 Å². The third-order valence-corrected chi connectivity index (χ3v) is 5.71. The van der Waals surface area contributed by atoms with E-state index in [1.54, 1.807) is 31.4 Å². The Morgan fingerprint density at radius 2 is 2.07 bits per heavy atom. The summed E-state index contributed by atoms with van der Waals surface area (Å²) in [5.41, 5.74) is 3.84. The van der Waals surface area contributed by atoms with Gasteiger partial charge in [-0.25, -0.2) is 5.43 Å². The Hall–Kier alpha value is -1.85. The van der Waals surface area contributed by atoms with Gasteiger partial charge in [0.1, 0.15) is 12.2 Å². The first kappa shape index (κ1) is 21.8. The molecule has 1 amide bonds. The molecule has 29 heavy (non-hydrogen) atoms. The zero-order valence-corrected chi connectivity index (χ0v) is 20.5. The molecule has 0 bridgehead atoms. The number of methoxy groups -OCH3 is 1. The summed E-state index contributed by atoms with van der Waals surface area (Å²) in [6.45, 7) is 3.99. The lowest BCUT2D eigenvalue weighted by Gasteiger charge is -2.11. The van der Waals surface area contributed by atoms with Gasteiger partial charge in [-0.3, -0.25) is 4.79 Å². The van der Waals surface area contributed by atoms with Crippen molar-refractivity contribution in [3.63, 3.8) is 0 Å². The first-order valence-electron chi connectivity index (χ1n) is 8.26. The number of nitrogens with one attached hydrogen (secondary N) is 1. The van der Waals surface area contributed by atoms with Gasteiger partial charge in [-0.2, -0.15) is 5.10 Å². The minimum absolute atomic E-state index is 0.179. The van der Waals surface area contributed by atoms with Gasteiger partial charge in [0, 0.05) is 19.9 Å². The minimum atomic E-state index is -0.446. The minimum Gasteiger partial charge on any atom is -0.493 e. The van der Waals surface area contributed by atoms with Crippen LogP contribution >= 0.6 is 54.5 Å². The van der Waals surface area contributed by atoms with Gasteiger partial charge in [0.15, 0.2) is 17.3 Å². The molecule has 0 saturated heterocycles. The zero-order valence-electron chi connectivity index (χ0n) is 15.2. The predicted molar refractivity (Wildman–Crippen MR) is 128 cm³/mol. The first-order valence-corrected chi connectivity index (χ1v) is 10.9. The fraction of sp³-hybridized carbons (Fsp3) is 0.100. The Morgan fingerprint density at radius 1 is 1.28 bits per heavy atom. The third kappa shape index (κ3) is 5.20. The molecule has 3 aromatic rings. The molecule has 2 aromatic carbocycles. The molecule has 0 atom stereocenters. The highest BCUT2D eigenvalue weighted by atomic mass is 127. The van der Waals surface area contributed by atoms with Gasteiger partial charge < -0.3 is 13.9 Å². The third-order valence-electron chi connectivity index (χ3n) is 3.77. The van der Waals surface area contributed by atoms with Gasteiger partial charge in [0.2, 0.25) is 0 Å². The number of rotatable bonds is 7. The lowest BCUT2D eigenvalue weighted by molar-refractivity contribution is 0.0929. The Labute approximate surface area is 197 Å². The van der Waals surface area contributed by atoms with Crippen molar-refractivity contribution >= 4 is 77.5 Å². The molecule has 0 spiro atoms. The summed E-state index contributed by atoms with van der Waals surface area (Å²) in [6.07, 6.45) is 3.15. The van der Waals surface area contributed by atoms with Crippen LogP contribution in [-0.4, -0.2) is 25.8 Å². The molecule has 1 N–H and O–H groups in total. The highest BCUT2D eigenvalue weighted by Gasteiger charge is 2.14. The number of hydrazone groups is 1. The summed E-state index contributed by atoms with van der Waals surface area (Å²) in [5.74, 6) is 0.847. The van der Waals surface area contributed by atoms with Gasteiger partial charge in [0.05, 0.1) is 16.9 Å². The van der Waals surface area contributed by atoms with Gasteiger partial charge in [-0.05, 0) is 68.9 Å². The molecule has 6 nitrogen and oxygen atoms in total. The number of ether oxygens (including phenoxy) is 2. The van der Waals surface area contributed by atoms with E-state index in [0.717, 1.165) is 17.9 Å². The molecule has 150 valence electrons. The molecule has 0 radical (unpaired) electrons. The molecule has 0 aliphatic heterocycles. The summed E-state index contributed by atoms with van der Waals surface area (Å²) >= 11 is 9.06. The number of carbonyl (C=O) groups excluding carboxylic acids is 1. The second kappa shape index (κ2) is 9.77. The molecular formula is C20H15Br2IN2O4. The Balaban J connectivity index is 1.76. The zero-order chi connectivity index (χ0) is 21.0. The number of carbonyl (C=O) groups is 1. The average molecular weight is 634 g/mol. The smallest absolute Gasteiger partial charge is 0.307 e. The highest BCUT2D eigenvalue weighted by molar-refractivity contribution is 14.1. The lowest BCUT2D eigenvalue weighted by atomic mass is 10.2. The van der Waals surface area contributed by atoms with Crippen molar-refractivity contribution in [1.82, 2.24) is 5.43 Å². The molecule has 9 heteroatoms. The van der Waals surface area contributed by atoms with Crippen molar-refractivity contribution in [3.8, 4) is 11.5 Å². The Kier molecular flexibility index (Phi) is 7.36. The van der Waals surface area contributed by atoms with Crippen LogP contribution in [0.15, 0.2) is 61.5 Å². The summed E-state index contributed by atoms with van der Waals surface area (Å²) in [5, 5.41) is 4.85. The lowest BCUT2D eigenvalue weighted by Crippen LogP contribution is -2.16. The maximum atomic E-state index is 12.4. The molecular weight excluding hydrogens is 619 g/mol. The second-order valence-electron chi connectivity index (χ2n) is 5.74. The van der Waals surface area contributed by atoms with Crippen LogP contribution < -0.4 is 14.9 Å². The van der Waals surface area contributed by atoms with Crippen molar-refractivity contribution in [2.75, 3.05) is 13.7 Å². The van der Waals surface area contributed by atoms with Crippen LogP contribution in [0.3, 0.4) is 0 Å². The molecule has 0 aliphatic carbocycles.